The lowest BCUT2D eigenvalue weighted by Crippen LogP contribution is -1.96. The average Bonchev–Trinajstić information content (AvgIpc) is 3.71. The SMILES string of the molecule is c1ccc(COc2cncc(-c3ccc4[nH]nc(-c5cc6c(-c7cccs7)ccnc6[nH]5)c4n3)c2)cc1. The van der Waals surface area contributed by atoms with Crippen LogP contribution in [0.4, 0.5) is 0 Å². The number of nitrogens with zero attached hydrogens (tertiary/aromatic N) is 4. The van der Waals surface area contributed by atoms with Crippen molar-refractivity contribution in [3.63, 3.8) is 0 Å². The van der Waals surface area contributed by atoms with E-state index in [2.05, 4.69) is 48.7 Å². The van der Waals surface area contributed by atoms with Crippen LogP contribution in [0, 0.1) is 0 Å². The van der Waals surface area contributed by atoms with E-state index in [1.807, 2.05) is 60.8 Å². The predicted octanol–water partition coefficient (Wildman–Crippen LogP) is 6.87. The van der Waals surface area contributed by atoms with Gasteiger partial charge in [-0.25, -0.2) is 9.97 Å². The van der Waals surface area contributed by atoms with Crippen LogP contribution < -0.4 is 4.74 Å². The molecule has 7 nitrogen and oxygen atoms in total. The summed E-state index contributed by atoms with van der Waals surface area (Å²) in [6.07, 6.45) is 5.34. The number of rotatable bonds is 6. The van der Waals surface area contributed by atoms with Gasteiger partial charge in [-0.2, -0.15) is 5.10 Å². The van der Waals surface area contributed by atoms with Crippen molar-refractivity contribution in [2.75, 3.05) is 0 Å². The van der Waals surface area contributed by atoms with Gasteiger partial charge in [-0.15, -0.1) is 11.3 Å². The monoisotopic (exact) mass is 500 g/mol. The van der Waals surface area contributed by atoms with E-state index < -0.39 is 0 Å². The van der Waals surface area contributed by atoms with E-state index in [-0.39, 0.29) is 0 Å². The Morgan fingerprint density at radius 3 is 2.76 bits per heavy atom. The number of aromatic nitrogens is 6. The molecule has 0 bridgehead atoms. The molecule has 37 heavy (non-hydrogen) atoms. The van der Waals surface area contributed by atoms with Gasteiger partial charge in [0.25, 0.3) is 0 Å². The molecule has 7 rings (SSSR count). The lowest BCUT2D eigenvalue weighted by atomic mass is 10.1. The quantitative estimate of drug-likeness (QED) is 0.260. The van der Waals surface area contributed by atoms with Crippen molar-refractivity contribution < 1.29 is 4.74 Å². The van der Waals surface area contributed by atoms with E-state index in [1.165, 1.54) is 4.88 Å². The van der Waals surface area contributed by atoms with Gasteiger partial charge in [0.15, 0.2) is 0 Å². The Hall–Kier alpha value is -4.82. The summed E-state index contributed by atoms with van der Waals surface area (Å²) in [5.41, 5.74) is 7.97. The Kier molecular flexibility index (Phi) is 5.22. The number of benzene rings is 1. The molecule has 2 N–H and O–H groups in total. The van der Waals surface area contributed by atoms with Gasteiger partial charge in [0.1, 0.15) is 29.2 Å². The van der Waals surface area contributed by atoms with Gasteiger partial charge < -0.3 is 9.72 Å². The fourth-order valence-corrected chi connectivity index (χ4v) is 5.19. The van der Waals surface area contributed by atoms with Crippen molar-refractivity contribution in [3.05, 3.63) is 102 Å². The van der Waals surface area contributed by atoms with Gasteiger partial charge in [0, 0.05) is 33.8 Å². The maximum absolute atomic E-state index is 5.98. The molecule has 0 spiro atoms. The standard InChI is InChI=1S/C29H20N6OS/c1-2-5-18(6-3-1)17-36-20-13-19(15-30-16-20)23-8-9-24-27(32-23)28(35-34-24)25-14-22-21(26-7-4-12-37-26)10-11-31-29(22)33-25/h1-16H,17H2,(H,31,33)(H,34,35). The van der Waals surface area contributed by atoms with E-state index in [0.717, 1.165) is 55.8 Å². The highest BCUT2D eigenvalue weighted by Crippen LogP contribution is 2.35. The van der Waals surface area contributed by atoms with Crippen LogP contribution >= 0.6 is 11.3 Å². The number of thiophene rings is 1. The van der Waals surface area contributed by atoms with Crippen LogP contribution in [0.2, 0.25) is 0 Å². The average molecular weight is 501 g/mol. The highest BCUT2D eigenvalue weighted by atomic mass is 32.1. The molecule has 7 aromatic rings. The van der Waals surface area contributed by atoms with Crippen molar-refractivity contribution in [1.29, 1.82) is 0 Å². The van der Waals surface area contributed by atoms with Crippen molar-refractivity contribution >= 4 is 33.4 Å². The van der Waals surface area contributed by atoms with E-state index >= 15 is 0 Å². The molecule has 0 atom stereocenters. The molecule has 0 aliphatic heterocycles. The summed E-state index contributed by atoms with van der Waals surface area (Å²) in [6, 6.07) is 24.3. The van der Waals surface area contributed by atoms with Crippen LogP contribution in [0.15, 0.2) is 96.8 Å². The number of aromatic amines is 2. The van der Waals surface area contributed by atoms with E-state index in [4.69, 9.17) is 9.72 Å². The Bertz CT molecular complexity index is 1840. The molecule has 0 radical (unpaired) electrons. The van der Waals surface area contributed by atoms with Gasteiger partial charge in [-0.1, -0.05) is 36.4 Å². The number of H-pyrrole nitrogens is 2. The van der Waals surface area contributed by atoms with Gasteiger partial charge >= 0.3 is 0 Å². The first-order valence-corrected chi connectivity index (χ1v) is 12.7. The summed E-state index contributed by atoms with van der Waals surface area (Å²) >= 11 is 1.71. The first kappa shape index (κ1) is 21.5. The number of pyridine rings is 3. The minimum absolute atomic E-state index is 0.478. The van der Waals surface area contributed by atoms with Crippen molar-refractivity contribution in [3.8, 4) is 38.8 Å². The highest BCUT2D eigenvalue weighted by molar-refractivity contribution is 7.13. The molecule has 8 heteroatoms. The third kappa shape index (κ3) is 4.03. The molecule has 0 amide bonds. The molecule has 6 aromatic heterocycles. The first-order chi connectivity index (χ1) is 18.3. The largest absolute Gasteiger partial charge is 0.487 e. The summed E-state index contributed by atoms with van der Waals surface area (Å²) in [6.45, 7) is 0.478. The molecule has 0 saturated heterocycles. The molecule has 178 valence electrons. The molecular formula is C29H20N6OS. The maximum atomic E-state index is 5.98. The smallest absolute Gasteiger partial charge is 0.138 e. The molecule has 0 aliphatic rings. The summed E-state index contributed by atoms with van der Waals surface area (Å²) in [7, 11) is 0. The van der Waals surface area contributed by atoms with Crippen LogP contribution in [0.5, 0.6) is 5.75 Å². The molecular weight excluding hydrogens is 480 g/mol. The third-order valence-corrected chi connectivity index (χ3v) is 7.14. The Morgan fingerprint density at radius 1 is 0.919 bits per heavy atom. The van der Waals surface area contributed by atoms with Crippen molar-refractivity contribution in [2.24, 2.45) is 0 Å². The fourth-order valence-electron chi connectivity index (χ4n) is 4.43. The van der Waals surface area contributed by atoms with Crippen molar-refractivity contribution in [1.82, 2.24) is 30.1 Å². The second-order valence-electron chi connectivity index (χ2n) is 8.63. The lowest BCUT2D eigenvalue weighted by Gasteiger charge is -2.08. The van der Waals surface area contributed by atoms with Gasteiger partial charge in [-0.3, -0.25) is 10.1 Å². The van der Waals surface area contributed by atoms with Gasteiger partial charge in [-0.05, 0) is 47.3 Å². The van der Waals surface area contributed by atoms with Crippen LogP contribution in [-0.4, -0.2) is 30.1 Å². The number of hydrogen-bond acceptors (Lipinski definition) is 6. The second-order valence-corrected chi connectivity index (χ2v) is 9.58. The van der Waals surface area contributed by atoms with Crippen molar-refractivity contribution in [2.45, 2.75) is 6.61 Å². The van der Waals surface area contributed by atoms with Crippen LogP contribution in [0.3, 0.4) is 0 Å². The number of fused-ring (bicyclic) bond motifs is 2. The number of nitrogens with one attached hydrogen (secondary N) is 2. The third-order valence-electron chi connectivity index (χ3n) is 6.24. The molecule has 6 heterocycles. The van der Waals surface area contributed by atoms with Gasteiger partial charge in [0.2, 0.25) is 0 Å². The zero-order valence-corrected chi connectivity index (χ0v) is 20.4. The minimum Gasteiger partial charge on any atom is -0.487 e. The van der Waals surface area contributed by atoms with Gasteiger partial charge in [0.05, 0.1) is 23.1 Å². The zero-order valence-electron chi connectivity index (χ0n) is 19.6. The van der Waals surface area contributed by atoms with E-state index in [1.54, 1.807) is 23.7 Å². The van der Waals surface area contributed by atoms with E-state index in [0.29, 0.717) is 12.4 Å². The molecule has 1 aromatic carbocycles. The van der Waals surface area contributed by atoms with Crippen LogP contribution in [-0.2, 0) is 6.61 Å². The number of ether oxygens (including phenoxy) is 1. The fraction of sp³-hybridized carbons (Fsp3) is 0.0345. The summed E-state index contributed by atoms with van der Waals surface area (Å²) < 4.78 is 5.98. The summed E-state index contributed by atoms with van der Waals surface area (Å²) in [5, 5.41) is 10.8. The molecule has 0 unspecified atom stereocenters. The highest BCUT2D eigenvalue weighted by Gasteiger charge is 2.16. The van der Waals surface area contributed by atoms with Crippen LogP contribution in [0.1, 0.15) is 5.56 Å². The van der Waals surface area contributed by atoms with E-state index in [9.17, 15) is 0 Å². The second kappa shape index (κ2) is 9.00. The Labute approximate surface area is 215 Å². The normalized spacial score (nSPS) is 11.4. The summed E-state index contributed by atoms with van der Waals surface area (Å²) in [5.74, 6) is 0.693. The zero-order chi connectivity index (χ0) is 24.6. The number of hydrogen-bond donors (Lipinski definition) is 2. The first-order valence-electron chi connectivity index (χ1n) is 11.8. The molecule has 0 fully saturated rings. The van der Waals surface area contributed by atoms with Crippen LogP contribution in [0.25, 0.3) is 55.2 Å². The predicted molar refractivity (Wildman–Crippen MR) is 146 cm³/mol. The Balaban J connectivity index is 1.24. The topological polar surface area (TPSA) is 92.4 Å². The minimum atomic E-state index is 0.478. The summed E-state index contributed by atoms with van der Waals surface area (Å²) in [4.78, 5) is 18.5. The lowest BCUT2D eigenvalue weighted by molar-refractivity contribution is 0.305. The molecule has 0 aliphatic carbocycles. The Morgan fingerprint density at radius 2 is 1.86 bits per heavy atom. The maximum Gasteiger partial charge on any atom is 0.138 e. The molecule has 0 saturated carbocycles.